The molecule has 2 aromatic carbocycles. The molecule has 0 amide bonds. The van der Waals surface area contributed by atoms with Crippen molar-refractivity contribution < 1.29 is 0 Å². The Morgan fingerprint density at radius 1 is 0.870 bits per heavy atom. The molecule has 0 aliphatic heterocycles. The van der Waals surface area contributed by atoms with E-state index in [0.717, 1.165) is 6.54 Å². The van der Waals surface area contributed by atoms with Gasteiger partial charge in [0.05, 0.1) is 0 Å². The first-order valence-electron chi connectivity index (χ1n) is 8.48. The first kappa shape index (κ1) is 17.7. The Morgan fingerprint density at radius 2 is 1.30 bits per heavy atom. The van der Waals surface area contributed by atoms with Gasteiger partial charge in [0.1, 0.15) is 0 Å². The summed E-state index contributed by atoms with van der Waals surface area (Å²) >= 11 is 0. The van der Waals surface area contributed by atoms with Gasteiger partial charge in [0, 0.05) is 18.5 Å². The molecule has 2 heteroatoms. The minimum Gasteiger partial charge on any atom is -0.329 e. The van der Waals surface area contributed by atoms with Crippen LogP contribution in [0.2, 0.25) is 0 Å². The van der Waals surface area contributed by atoms with Crippen LogP contribution in [0.15, 0.2) is 60.7 Å². The second-order valence-corrected chi connectivity index (χ2v) is 7.02. The fraction of sp³-hybridized carbons (Fsp3) is 0.429. The quantitative estimate of drug-likeness (QED) is 0.843. The van der Waals surface area contributed by atoms with Gasteiger partial charge in [-0.25, -0.2) is 0 Å². The van der Waals surface area contributed by atoms with Crippen molar-refractivity contribution in [2.45, 2.75) is 19.3 Å². The number of nitrogens with two attached hydrogens (primary N) is 1. The van der Waals surface area contributed by atoms with E-state index in [2.05, 4.69) is 93.5 Å². The van der Waals surface area contributed by atoms with Gasteiger partial charge in [0.2, 0.25) is 0 Å². The molecule has 0 saturated heterocycles. The van der Waals surface area contributed by atoms with Crippen molar-refractivity contribution in [3.05, 3.63) is 71.8 Å². The molecule has 0 aromatic heterocycles. The zero-order valence-corrected chi connectivity index (χ0v) is 14.9. The molecule has 0 saturated carbocycles. The molecule has 0 bridgehead atoms. The average molecular weight is 310 g/mol. The van der Waals surface area contributed by atoms with Gasteiger partial charge in [-0.05, 0) is 37.1 Å². The molecule has 0 aliphatic carbocycles. The SMILES string of the molecule is CC(C)C(CN(C)C)C(CN)(c1ccccc1)c1ccccc1. The van der Waals surface area contributed by atoms with Crippen LogP contribution in [0.5, 0.6) is 0 Å². The van der Waals surface area contributed by atoms with Gasteiger partial charge in [-0.1, -0.05) is 74.5 Å². The Bertz CT molecular complexity index is 536. The second-order valence-electron chi connectivity index (χ2n) is 7.02. The average Bonchev–Trinajstić information content (AvgIpc) is 2.56. The minimum atomic E-state index is -0.166. The number of hydrogen-bond donors (Lipinski definition) is 1. The number of nitrogens with zero attached hydrogens (tertiary/aromatic N) is 1. The molecule has 1 unspecified atom stereocenters. The van der Waals surface area contributed by atoms with Crippen LogP contribution in [-0.2, 0) is 5.41 Å². The third-order valence-electron chi connectivity index (χ3n) is 4.90. The van der Waals surface area contributed by atoms with Crippen molar-refractivity contribution in [2.24, 2.45) is 17.6 Å². The van der Waals surface area contributed by atoms with Crippen molar-refractivity contribution in [3.8, 4) is 0 Å². The highest BCUT2D eigenvalue weighted by Gasteiger charge is 2.42. The topological polar surface area (TPSA) is 29.3 Å². The molecule has 0 radical (unpaired) electrons. The normalized spacial score (nSPS) is 13.5. The van der Waals surface area contributed by atoms with Gasteiger partial charge in [0.15, 0.2) is 0 Å². The molecule has 2 N–H and O–H groups in total. The summed E-state index contributed by atoms with van der Waals surface area (Å²) in [5, 5.41) is 0. The molecule has 0 aliphatic rings. The molecule has 0 fully saturated rings. The van der Waals surface area contributed by atoms with Crippen LogP contribution in [0, 0.1) is 11.8 Å². The first-order chi connectivity index (χ1) is 11.0. The fourth-order valence-electron chi connectivity index (χ4n) is 3.78. The van der Waals surface area contributed by atoms with Crippen LogP contribution in [0.25, 0.3) is 0 Å². The number of benzene rings is 2. The van der Waals surface area contributed by atoms with E-state index in [-0.39, 0.29) is 5.41 Å². The highest BCUT2D eigenvalue weighted by Crippen LogP contribution is 2.42. The lowest BCUT2D eigenvalue weighted by atomic mass is 9.62. The van der Waals surface area contributed by atoms with Gasteiger partial charge in [-0.15, -0.1) is 0 Å². The highest BCUT2D eigenvalue weighted by molar-refractivity contribution is 5.41. The van der Waals surface area contributed by atoms with Crippen molar-refractivity contribution in [1.29, 1.82) is 0 Å². The monoisotopic (exact) mass is 310 g/mol. The van der Waals surface area contributed by atoms with Gasteiger partial charge < -0.3 is 10.6 Å². The molecule has 0 spiro atoms. The van der Waals surface area contributed by atoms with Gasteiger partial charge >= 0.3 is 0 Å². The third-order valence-corrected chi connectivity index (χ3v) is 4.90. The molecule has 2 rings (SSSR count). The van der Waals surface area contributed by atoms with Crippen LogP contribution < -0.4 is 5.73 Å². The summed E-state index contributed by atoms with van der Waals surface area (Å²) in [7, 11) is 4.29. The number of hydrogen-bond acceptors (Lipinski definition) is 2. The predicted molar refractivity (Wildman–Crippen MR) is 99.6 cm³/mol. The van der Waals surface area contributed by atoms with Gasteiger partial charge in [-0.2, -0.15) is 0 Å². The van der Waals surface area contributed by atoms with Crippen LogP contribution >= 0.6 is 0 Å². The standard InChI is InChI=1S/C21H30N2/c1-17(2)20(15-23(3)4)21(16-22,18-11-7-5-8-12-18)19-13-9-6-10-14-19/h5-14,17,20H,15-16,22H2,1-4H3. The zero-order valence-electron chi connectivity index (χ0n) is 14.9. The maximum atomic E-state index is 6.47. The van der Waals surface area contributed by atoms with Crippen LogP contribution in [-0.4, -0.2) is 32.1 Å². The molecule has 2 aromatic rings. The maximum Gasteiger partial charge on any atom is 0.0367 e. The molecular weight excluding hydrogens is 280 g/mol. The first-order valence-corrected chi connectivity index (χ1v) is 8.48. The molecule has 124 valence electrons. The molecule has 23 heavy (non-hydrogen) atoms. The second kappa shape index (κ2) is 7.76. The van der Waals surface area contributed by atoms with Crippen LogP contribution in [0.4, 0.5) is 0 Å². The van der Waals surface area contributed by atoms with E-state index in [9.17, 15) is 0 Å². The summed E-state index contributed by atoms with van der Waals surface area (Å²) in [6, 6.07) is 21.5. The zero-order chi connectivity index (χ0) is 16.9. The minimum absolute atomic E-state index is 0.166. The Kier molecular flexibility index (Phi) is 5.97. The van der Waals surface area contributed by atoms with E-state index in [1.807, 2.05) is 0 Å². The molecule has 1 atom stereocenters. The maximum absolute atomic E-state index is 6.47. The van der Waals surface area contributed by atoms with E-state index in [1.54, 1.807) is 0 Å². The molecule has 0 heterocycles. The summed E-state index contributed by atoms with van der Waals surface area (Å²) in [5.41, 5.74) is 8.93. The largest absolute Gasteiger partial charge is 0.329 e. The number of rotatable bonds is 7. The third kappa shape index (κ3) is 3.65. The Balaban J connectivity index is 2.67. The van der Waals surface area contributed by atoms with Crippen LogP contribution in [0.3, 0.4) is 0 Å². The van der Waals surface area contributed by atoms with E-state index in [1.165, 1.54) is 11.1 Å². The van der Waals surface area contributed by atoms with Crippen molar-refractivity contribution in [3.63, 3.8) is 0 Å². The lowest BCUT2D eigenvalue weighted by Gasteiger charge is -2.44. The highest BCUT2D eigenvalue weighted by atomic mass is 15.1. The molecular formula is C21H30N2. The summed E-state index contributed by atoms with van der Waals surface area (Å²) < 4.78 is 0. The predicted octanol–water partition coefficient (Wildman–Crippen LogP) is 3.77. The lowest BCUT2D eigenvalue weighted by Crippen LogP contribution is -2.49. The van der Waals surface area contributed by atoms with Crippen LogP contribution in [0.1, 0.15) is 25.0 Å². The van der Waals surface area contributed by atoms with Gasteiger partial charge in [0.25, 0.3) is 0 Å². The smallest absolute Gasteiger partial charge is 0.0367 e. The van der Waals surface area contributed by atoms with Crippen molar-refractivity contribution in [1.82, 2.24) is 4.90 Å². The fourth-order valence-corrected chi connectivity index (χ4v) is 3.78. The summed E-state index contributed by atoms with van der Waals surface area (Å²) in [4.78, 5) is 2.28. The Morgan fingerprint density at radius 3 is 1.61 bits per heavy atom. The summed E-state index contributed by atoms with van der Waals surface area (Å²) in [6.07, 6.45) is 0. The Labute approximate surface area is 141 Å². The van der Waals surface area contributed by atoms with E-state index >= 15 is 0 Å². The van der Waals surface area contributed by atoms with E-state index in [4.69, 9.17) is 5.73 Å². The van der Waals surface area contributed by atoms with Gasteiger partial charge in [-0.3, -0.25) is 0 Å². The van der Waals surface area contributed by atoms with E-state index < -0.39 is 0 Å². The lowest BCUT2D eigenvalue weighted by molar-refractivity contribution is 0.187. The summed E-state index contributed by atoms with van der Waals surface area (Å²) in [6.45, 7) is 6.24. The Hall–Kier alpha value is -1.64. The molecule has 2 nitrogen and oxygen atoms in total. The van der Waals surface area contributed by atoms with Crippen molar-refractivity contribution >= 4 is 0 Å². The summed E-state index contributed by atoms with van der Waals surface area (Å²) in [5.74, 6) is 0.966. The van der Waals surface area contributed by atoms with E-state index in [0.29, 0.717) is 18.4 Å². The van der Waals surface area contributed by atoms with Crippen molar-refractivity contribution in [2.75, 3.05) is 27.2 Å².